The normalized spacial score (nSPS) is 12.7. The highest BCUT2D eigenvalue weighted by molar-refractivity contribution is 7.89. The first-order valence-electron chi connectivity index (χ1n) is 7.65. The molecule has 2 aromatic rings. The van der Waals surface area contributed by atoms with Crippen LogP contribution >= 0.6 is 0 Å². The maximum absolute atomic E-state index is 12.2. The fourth-order valence-electron chi connectivity index (χ4n) is 1.99. The van der Waals surface area contributed by atoms with Gasteiger partial charge >= 0.3 is 5.97 Å². The van der Waals surface area contributed by atoms with Gasteiger partial charge in [-0.1, -0.05) is 6.92 Å². The summed E-state index contributed by atoms with van der Waals surface area (Å²) in [5.74, 6) is -0.738. The van der Waals surface area contributed by atoms with Crippen molar-refractivity contribution >= 4 is 33.7 Å². The van der Waals surface area contributed by atoms with Crippen molar-refractivity contribution in [2.75, 3.05) is 5.32 Å². The fourth-order valence-corrected chi connectivity index (χ4v) is 2.50. The minimum atomic E-state index is -3.81. The first-order valence-corrected chi connectivity index (χ1v) is 9.20. The van der Waals surface area contributed by atoms with Gasteiger partial charge in [0, 0.05) is 11.8 Å². The molecule has 0 saturated carbocycles. The Kier molecular flexibility index (Phi) is 6.31. The monoisotopic (exact) mass is 378 g/mol. The maximum atomic E-state index is 12.2. The molecule has 8 nitrogen and oxygen atoms in total. The molecule has 0 bridgehead atoms. The second-order valence-corrected chi connectivity index (χ2v) is 6.80. The number of carbonyl (C=O) groups excluding carboxylic acids is 2. The van der Waals surface area contributed by atoms with Crippen molar-refractivity contribution in [2.45, 2.75) is 24.3 Å². The van der Waals surface area contributed by atoms with Crippen molar-refractivity contribution in [2.24, 2.45) is 5.14 Å². The van der Waals surface area contributed by atoms with E-state index in [4.69, 9.17) is 14.3 Å². The fraction of sp³-hybridized carbons (Fsp3) is 0.176. The van der Waals surface area contributed by atoms with Crippen LogP contribution in [0.25, 0.3) is 6.08 Å². The minimum absolute atomic E-state index is 0.0722. The van der Waals surface area contributed by atoms with E-state index in [1.54, 1.807) is 19.1 Å². The van der Waals surface area contributed by atoms with Crippen molar-refractivity contribution in [3.63, 3.8) is 0 Å². The third-order valence-electron chi connectivity index (χ3n) is 3.30. The van der Waals surface area contributed by atoms with Gasteiger partial charge in [-0.25, -0.2) is 18.4 Å². The molecule has 3 N–H and O–H groups in total. The first-order chi connectivity index (χ1) is 12.3. The highest BCUT2D eigenvalue weighted by atomic mass is 32.2. The highest BCUT2D eigenvalue weighted by Gasteiger charge is 2.20. The van der Waals surface area contributed by atoms with Gasteiger partial charge in [0.05, 0.1) is 11.2 Å². The molecule has 1 unspecified atom stereocenters. The second-order valence-electron chi connectivity index (χ2n) is 5.24. The van der Waals surface area contributed by atoms with Crippen LogP contribution in [0.3, 0.4) is 0 Å². The van der Waals surface area contributed by atoms with Gasteiger partial charge in [0.2, 0.25) is 10.0 Å². The third kappa shape index (κ3) is 5.57. The zero-order valence-electron chi connectivity index (χ0n) is 13.9. The lowest BCUT2D eigenvalue weighted by Crippen LogP contribution is -2.31. The van der Waals surface area contributed by atoms with Crippen LogP contribution < -0.4 is 10.5 Å². The van der Waals surface area contributed by atoms with Crippen molar-refractivity contribution in [3.8, 4) is 0 Å². The van der Waals surface area contributed by atoms with Crippen molar-refractivity contribution in [1.82, 2.24) is 0 Å². The van der Waals surface area contributed by atoms with E-state index >= 15 is 0 Å². The van der Waals surface area contributed by atoms with Gasteiger partial charge in [-0.15, -0.1) is 0 Å². The van der Waals surface area contributed by atoms with Gasteiger partial charge in [0.25, 0.3) is 5.91 Å². The summed E-state index contributed by atoms with van der Waals surface area (Å²) in [7, 11) is -3.81. The summed E-state index contributed by atoms with van der Waals surface area (Å²) < 4.78 is 32.6. The number of anilines is 1. The number of ether oxygens (including phenoxy) is 1. The van der Waals surface area contributed by atoms with E-state index in [9.17, 15) is 18.0 Å². The maximum Gasteiger partial charge on any atom is 0.331 e. The molecule has 0 aliphatic heterocycles. The minimum Gasteiger partial charge on any atom is -0.465 e. The molecule has 0 aliphatic rings. The number of primary sulfonamides is 1. The van der Waals surface area contributed by atoms with Crippen LogP contribution in [0.2, 0.25) is 0 Å². The van der Waals surface area contributed by atoms with E-state index in [1.807, 2.05) is 0 Å². The molecule has 0 radical (unpaired) electrons. The lowest BCUT2D eigenvalue weighted by molar-refractivity contribution is -0.149. The number of amides is 1. The predicted molar refractivity (Wildman–Crippen MR) is 94.4 cm³/mol. The molecule has 9 heteroatoms. The Morgan fingerprint density at radius 3 is 2.50 bits per heavy atom. The zero-order valence-corrected chi connectivity index (χ0v) is 14.7. The second kappa shape index (κ2) is 8.45. The number of nitrogens with one attached hydrogen (secondary N) is 1. The Hall–Kier alpha value is -2.91. The quantitative estimate of drug-likeness (QED) is 0.559. The van der Waals surface area contributed by atoms with Crippen LogP contribution in [0.15, 0.2) is 58.1 Å². The number of benzene rings is 1. The smallest absolute Gasteiger partial charge is 0.331 e. The molecule has 0 aliphatic carbocycles. The molecule has 2 rings (SSSR count). The summed E-state index contributed by atoms with van der Waals surface area (Å²) in [5.41, 5.74) is 0.350. The summed E-state index contributed by atoms with van der Waals surface area (Å²) in [6.07, 6.45) is 3.33. The van der Waals surface area contributed by atoms with Crippen molar-refractivity contribution < 1.29 is 27.2 Å². The number of hydrogen-bond donors (Lipinski definition) is 2. The molecule has 1 heterocycles. The summed E-state index contributed by atoms with van der Waals surface area (Å²) in [6, 6.07) is 8.66. The highest BCUT2D eigenvalue weighted by Crippen LogP contribution is 2.14. The largest absolute Gasteiger partial charge is 0.465 e. The Morgan fingerprint density at radius 2 is 1.96 bits per heavy atom. The average Bonchev–Trinajstić information content (AvgIpc) is 3.11. The summed E-state index contributed by atoms with van der Waals surface area (Å²) in [5, 5.41) is 7.56. The number of furan rings is 1. The van der Waals surface area contributed by atoms with Crippen molar-refractivity contribution in [3.05, 3.63) is 54.5 Å². The molecule has 0 fully saturated rings. The van der Waals surface area contributed by atoms with Crippen LogP contribution in [-0.4, -0.2) is 26.4 Å². The Bertz CT molecular complexity index is 886. The first kappa shape index (κ1) is 19.4. The summed E-state index contributed by atoms with van der Waals surface area (Å²) in [6.45, 7) is 1.69. The number of nitrogens with two attached hydrogens (primary N) is 1. The van der Waals surface area contributed by atoms with Crippen LogP contribution in [-0.2, 0) is 24.3 Å². The van der Waals surface area contributed by atoms with E-state index < -0.39 is 28.0 Å². The lowest BCUT2D eigenvalue weighted by Gasteiger charge is -2.15. The predicted octanol–water partition coefficient (Wildman–Crippen LogP) is 1.90. The van der Waals surface area contributed by atoms with Gasteiger partial charge in [0.15, 0.2) is 6.10 Å². The Balaban J connectivity index is 1.96. The van der Waals surface area contributed by atoms with E-state index in [-0.39, 0.29) is 11.3 Å². The SMILES string of the molecule is CCC(OC(=O)/C=C/c1ccco1)C(=O)Nc1ccc(S(N)(=O)=O)cc1. The van der Waals surface area contributed by atoms with Crippen LogP contribution in [0.4, 0.5) is 5.69 Å². The third-order valence-corrected chi connectivity index (χ3v) is 4.23. The van der Waals surface area contributed by atoms with E-state index in [1.165, 1.54) is 36.6 Å². The number of hydrogen-bond acceptors (Lipinski definition) is 6. The molecule has 0 spiro atoms. The molecule has 26 heavy (non-hydrogen) atoms. The molecule has 1 amide bonds. The number of esters is 1. The Labute approximate surface area is 150 Å². The number of sulfonamides is 1. The van der Waals surface area contributed by atoms with Crippen LogP contribution in [0.5, 0.6) is 0 Å². The number of carbonyl (C=O) groups is 2. The van der Waals surface area contributed by atoms with Gasteiger partial charge < -0.3 is 14.5 Å². The molecule has 138 valence electrons. The summed E-state index contributed by atoms with van der Waals surface area (Å²) in [4.78, 5) is 24.0. The Morgan fingerprint density at radius 1 is 1.27 bits per heavy atom. The zero-order chi connectivity index (χ0) is 19.2. The van der Waals surface area contributed by atoms with Crippen LogP contribution in [0.1, 0.15) is 19.1 Å². The van der Waals surface area contributed by atoms with E-state index in [2.05, 4.69) is 5.32 Å². The molecule has 1 aromatic heterocycles. The molecular formula is C17H18N2O6S. The van der Waals surface area contributed by atoms with Gasteiger partial charge in [-0.3, -0.25) is 4.79 Å². The standard InChI is InChI=1S/C17H18N2O6S/c1-2-15(25-16(20)10-7-13-4-3-11-24-13)17(21)19-12-5-8-14(9-6-12)26(18,22)23/h3-11,15H,2H2,1H3,(H,19,21)(H2,18,22,23)/b10-7+. The lowest BCUT2D eigenvalue weighted by atomic mass is 10.2. The van der Waals surface area contributed by atoms with Gasteiger partial charge in [-0.05, 0) is 48.9 Å². The van der Waals surface area contributed by atoms with Crippen molar-refractivity contribution in [1.29, 1.82) is 0 Å². The number of rotatable bonds is 7. The summed E-state index contributed by atoms with van der Waals surface area (Å²) >= 11 is 0. The average molecular weight is 378 g/mol. The van der Waals surface area contributed by atoms with E-state index in [0.717, 1.165) is 6.08 Å². The van der Waals surface area contributed by atoms with E-state index in [0.29, 0.717) is 11.4 Å². The van der Waals surface area contributed by atoms with Gasteiger partial charge in [0.1, 0.15) is 5.76 Å². The molecule has 1 atom stereocenters. The molecule has 1 aromatic carbocycles. The molecular weight excluding hydrogens is 360 g/mol. The van der Waals surface area contributed by atoms with Gasteiger partial charge in [-0.2, -0.15) is 0 Å². The topological polar surface area (TPSA) is 129 Å². The van der Waals surface area contributed by atoms with Crippen LogP contribution in [0, 0.1) is 0 Å². The molecule has 0 saturated heterocycles.